The summed E-state index contributed by atoms with van der Waals surface area (Å²) < 4.78 is 7.27. The van der Waals surface area contributed by atoms with Gasteiger partial charge in [-0.3, -0.25) is 4.79 Å². The van der Waals surface area contributed by atoms with E-state index in [1.807, 2.05) is 36.4 Å². The van der Waals surface area contributed by atoms with Crippen LogP contribution in [0.3, 0.4) is 0 Å². The van der Waals surface area contributed by atoms with Crippen LogP contribution in [0.4, 0.5) is 5.82 Å². The number of unbranched alkanes of at least 4 members (excludes halogenated alkanes) is 3. The number of para-hydroxylation sites is 2. The average Bonchev–Trinajstić information content (AvgIpc) is 3.33. The second-order valence-electron chi connectivity index (χ2n) is 7.13. The van der Waals surface area contributed by atoms with Crippen molar-refractivity contribution in [2.75, 3.05) is 12.3 Å². The minimum Gasteiger partial charge on any atom is -0.467 e. The first-order valence-electron chi connectivity index (χ1n) is 10.0. The maximum Gasteiger partial charge on any atom is 0.257 e. The van der Waals surface area contributed by atoms with Crippen LogP contribution in [0, 0.1) is 0 Å². The first kappa shape index (κ1) is 19.0. The number of furan rings is 1. The number of benzene rings is 1. The number of anilines is 1. The Morgan fingerprint density at radius 3 is 2.62 bits per heavy atom. The van der Waals surface area contributed by atoms with Gasteiger partial charge in [-0.1, -0.05) is 38.3 Å². The number of nitrogen functional groups attached to an aromatic ring is 1. The van der Waals surface area contributed by atoms with Crippen LogP contribution < -0.4 is 11.1 Å². The molecule has 3 heterocycles. The van der Waals surface area contributed by atoms with Crippen molar-refractivity contribution in [1.29, 1.82) is 0 Å². The average molecular weight is 391 g/mol. The normalized spacial score (nSPS) is 11.3. The van der Waals surface area contributed by atoms with Gasteiger partial charge in [-0.05, 0) is 30.7 Å². The molecule has 1 amide bonds. The molecule has 3 N–H and O–H groups in total. The standard InChI is InChI=1S/C22H25N5O2/c1-2-3-4-7-12-24-22(28)18-19-21(26-17-11-6-5-10-16(17)25-19)27(20(18)23)14-15-9-8-13-29-15/h5-6,8-11,13H,2-4,7,12,14,23H2,1H3,(H,24,28). The van der Waals surface area contributed by atoms with Crippen LogP contribution in [0.15, 0.2) is 47.1 Å². The Morgan fingerprint density at radius 2 is 1.90 bits per heavy atom. The van der Waals surface area contributed by atoms with Crippen LogP contribution in [0.5, 0.6) is 0 Å². The van der Waals surface area contributed by atoms with E-state index in [2.05, 4.69) is 12.2 Å². The van der Waals surface area contributed by atoms with Gasteiger partial charge >= 0.3 is 0 Å². The van der Waals surface area contributed by atoms with Crippen LogP contribution >= 0.6 is 0 Å². The monoisotopic (exact) mass is 391 g/mol. The Hall–Kier alpha value is -3.35. The number of rotatable bonds is 8. The van der Waals surface area contributed by atoms with Gasteiger partial charge in [-0.25, -0.2) is 9.97 Å². The lowest BCUT2D eigenvalue weighted by Gasteiger charge is -2.07. The summed E-state index contributed by atoms with van der Waals surface area (Å²) in [6.07, 6.45) is 5.97. The highest BCUT2D eigenvalue weighted by molar-refractivity contribution is 6.10. The second kappa shape index (κ2) is 8.34. The number of fused-ring (bicyclic) bond motifs is 2. The third kappa shape index (κ3) is 3.81. The number of nitrogens with one attached hydrogen (secondary N) is 1. The van der Waals surface area contributed by atoms with Crippen molar-refractivity contribution >= 4 is 33.9 Å². The molecule has 0 aliphatic carbocycles. The van der Waals surface area contributed by atoms with E-state index in [4.69, 9.17) is 20.1 Å². The Bertz CT molecular complexity index is 1130. The molecule has 4 rings (SSSR count). The molecule has 0 saturated carbocycles. The number of hydrogen-bond acceptors (Lipinski definition) is 5. The number of aromatic nitrogens is 3. The molecule has 0 bridgehead atoms. The number of nitrogens with two attached hydrogens (primary N) is 1. The molecule has 3 aromatic heterocycles. The molecule has 1 aromatic carbocycles. The number of carbonyl (C=O) groups excluding carboxylic acids is 1. The summed E-state index contributed by atoms with van der Waals surface area (Å²) in [5.41, 5.74) is 9.38. The maximum absolute atomic E-state index is 13.0. The van der Waals surface area contributed by atoms with Gasteiger partial charge in [0.2, 0.25) is 0 Å². The fourth-order valence-corrected chi connectivity index (χ4v) is 3.50. The van der Waals surface area contributed by atoms with Gasteiger partial charge in [0.05, 0.1) is 23.8 Å². The van der Waals surface area contributed by atoms with Crippen molar-refractivity contribution < 1.29 is 9.21 Å². The zero-order chi connectivity index (χ0) is 20.2. The summed E-state index contributed by atoms with van der Waals surface area (Å²) in [7, 11) is 0. The Balaban J connectivity index is 1.74. The molecule has 0 aliphatic heterocycles. The third-order valence-electron chi connectivity index (χ3n) is 5.03. The SMILES string of the molecule is CCCCCCNC(=O)c1c(N)n(Cc2ccco2)c2nc3ccccc3nc12. The molecule has 4 aromatic rings. The minimum absolute atomic E-state index is 0.216. The van der Waals surface area contributed by atoms with Crippen molar-refractivity contribution in [1.82, 2.24) is 19.9 Å². The van der Waals surface area contributed by atoms with Gasteiger partial charge in [0.25, 0.3) is 5.91 Å². The van der Waals surface area contributed by atoms with Crippen molar-refractivity contribution in [3.8, 4) is 0 Å². The fourth-order valence-electron chi connectivity index (χ4n) is 3.50. The summed E-state index contributed by atoms with van der Waals surface area (Å²) >= 11 is 0. The van der Waals surface area contributed by atoms with Gasteiger partial charge in [-0.2, -0.15) is 0 Å². The molecule has 7 heteroatoms. The fraction of sp³-hybridized carbons (Fsp3) is 0.318. The van der Waals surface area contributed by atoms with E-state index in [0.29, 0.717) is 35.6 Å². The van der Waals surface area contributed by atoms with Gasteiger partial charge in [0.1, 0.15) is 22.7 Å². The zero-order valence-electron chi connectivity index (χ0n) is 16.5. The first-order chi connectivity index (χ1) is 14.2. The first-order valence-corrected chi connectivity index (χ1v) is 10.0. The van der Waals surface area contributed by atoms with Crippen LogP contribution in [-0.2, 0) is 6.54 Å². The molecule has 0 spiro atoms. The van der Waals surface area contributed by atoms with E-state index in [1.54, 1.807) is 10.8 Å². The summed E-state index contributed by atoms with van der Waals surface area (Å²) in [5, 5.41) is 2.99. The third-order valence-corrected chi connectivity index (χ3v) is 5.03. The molecule has 0 saturated heterocycles. The highest BCUT2D eigenvalue weighted by atomic mass is 16.3. The van der Waals surface area contributed by atoms with E-state index < -0.39 is 0 Å². The number of carbonyl (C=O) groups is 1. The van der Waals surface area contributed by atoms with Crippen molar-refractivity contribution in [3.05, 3.63) is 54.0 Å². The van der Waals surface area contributed by atoms with Gasteiger partial charge in [0, 0.05) is 6.54 Å². The van der Waals surface area contributed by atoms with E-state index in [-0.39, 0.29) is 5.91 Å². The second-order valence-corrected chi connectivity index (χ2v) is 7.13. The van der Waals surface area contributed by atoms with E-state index in [0.717, 1.165) is 42.5 Å². The predicted molar refractivity (Wildman–Crippen MR) is 114 cm³/mol. The highest BCUT2D eigenvalue weighted by Crippen LogP contribution is 2.28. The lowest BCUT2D eigenvalue weighted by Crippen LogP contribution is -2.25. The summed E-state index contributed by atoms with van der Waals surface area (Å²) in [4.78, 5) is 22.4. The molecule has 0 radical (unpaired) electrons. The van der Waals surface area contributed by atoms with Gasteiger partial charge in [0.15, 0.2) is 5.65 Å². The zero-order valence-corrected chi connectivity index (χ0v) is 16.5. The van der Waals surface area contributed by atoms with Crippen LogP contribution in [0.2, 0.25) is 0 Å². The Morgan fingerprint density at radius 1 is 1.10 bits per heavy atom. The van der Waals surface area contributed by atoms with Gasteiger partial charge < -0.3 is 20.0 Å². The lowest BCUT2D eigenvalue weighted by atomic mass is 10.2. The van der Waals surface area contributed by atoms with Crippen LogP contribution in [0.1, 0.15) is 48.7 Å². The van der Waals surface area contributed by atoms with E-state index in [9.17, 15) is 4.79 Å². The van der Waals surface area contributed by atoms with Crippen molar-refractivity contribution in [2.24, 2.45) is 0 Å². The highest BCUT2D eigenvalue weighted by Gasteiger charge is 2.24. The number of nitrogens with zero attached hydrogens (tertiary/aromatic N) is 3. The Kier molecular flexibility index (Phi) is 5.46. The Labute approximate surface area is 168 Å². The molecule has 29 heavy (non-hydrogen) atoms. The predicted octanol–water partition coefficient (Wildman–Crippen LogP) is 4.12. The quantitative estimate of drug-likeness (QED) is 0.440. The lowest BCUT2D eigenvalue weighted by molar-refractivity contribution is 0.0955. The summed E-state index contributed by atoms with van der Waals surface area (Å²) in [5.74, 6) is 0.861. The van der Waals surface area contributed by atoms with E-state index in [1.165, 1.54) is 0 Å². The smallest absolute Gasteiger partial charge is 0.257 e. The molecular formula is C22H25N5O2. The van der Waals surface area contributed by atoms with Crippen LogP contribution in [0.25, 0.3) is 22.2 Å². The molecule has 7 nitrogen and oxygen atoms in total. The molecular weight excluding hydrogens is 366 g/mol. The minimum atomic E-state index is -0.216. The topological polar surface area (TPSA) is 99.0 Å². The van der Waals surface area contributed by atoms with Crippen molar-refractivity contribution in [2.45, 2.75) is 39.2 Å². The summed E-state index contributed by atoms with van der Waals surface area (Å²) in [6, 6.07) is 11.3. The number of hydrogen-bond donors (Lipinski definition) is 2. The molecule has 0 fully saturated rings. The molecule has 0 unspecified atom stereocenters. The van der Waals surface area contributed by atoms with E-state index >= 15 is 0 Å². The number of amides is 1. The van der Waals surface area contributed by atoms with Crippen molar-refractivity contribution in [3.63, 3.8) is 0 Å². The maximum atomic E-state index is 13.0. The summed E-state index contributed by atoms with van der Waals surface area (Å²) in [6.45, 7) is 3.16. The molecule has 0 atom stereocenters. The van der Waals surface area contributed by atoms with Crippen LogP contribution in [-0.4, -0.2) is 27.0 Å². The van der Waals surface area contributed by atoms with Gasteiger partial charge in [-0.15, -0.1) is 0 Å². The molecule has 0 aliphatic rings. The molecule has 150 valence electrons. The largest absolute Gasteiger partial charge is 0.467 e.